The van der Waals surface area contributed by atoms with Crippen LogP contribution in [0.3, 0.4) is 0 Å². The molecule has 3 amide bonds. The Balaban J connectivity index is 1.56. The molecule has 0 aliphatic heterocycles. The smallest absolute Gasteiger partial charge is 0.321 e. The van der Waals surface area contributed by atoms with Crippen LogP contribution in [0.15, 0.2) is 53.0 Å². The van der Waals surface area contributed by atoms with Crippen LogP contribution in [0.1, 0.15) is 19.4 Å². The lowest BCUT2D eigenvalue weighted by Crippen LogP contribution is -2.42. The van der Waals surface area contributed by atoms with E-state index >= 15 is 0 Å². The molecule has 2 heterocycles. The molecule has 3 rings (SSSR count). The highest BCUT2D eigenvalue weighted by atomic mass is 32.2. The van der Waals surface area contributed by atoms with Crippen molar-refractivity contribution in [3.8, 4) is 10.7 Å². The van der Waals surface area contributed by atoms with Crippen LogP contribution >= 0.6 is 23.1 Å². The number of amides is 3. The number of urea groups is 1. The Bertz CT molecular complexity index is 925. The first-order valence-electron chi connectivity index (χ1n) is 8.84. The maximum Gasteiger partial charge on any atom is 0.321 e. The first-order valence-corrected chi connectivity index (χ1v) is 10.6. The third-order valence-electron chi connectivity index (χ3n) is 3.96. The number of aromatic nitrogens is 3. The molecule has 9 heteroatoms. The highest BCUT2D eigenvalue weighted by Crippen LogP contribution is 2.29. The van der Waals surface area contributed by atoms with Crippen molar-refractivity contribution in [1.29, 1.82) is 0 Å². The van der Waals surface area contributed by atoms with Crippen molar-refractivity contribution in [2.24, 2.45) is 0 Å². The number of hydrogen-bond donors (Lipinski definition) is 2. The lowest BCUT2D eigenvalue weighted by atomic mass is 10.2. The quantitative estimate of drug-likeness (QED) is 0.576. The highest BCUT2D eigenvalue weighted by Gasteiger charge is 2.21. The predicted octanol–water partition coefficient (Wildman–Crippen LogP) is 3.53. The molecule has 7 nitrogen and oxygen atoms in total. The molecule has 2 N–H and O–H groups in total. The van der Waals surface area contributed by atoms with Crippen molar-refractivity contribution in [3.05, 3.63) is 53.4 Å². The normalized spacial score (nSPS) is 11.8. The summed E-state index contributed by atoms with van der Waals surface area (Å²) in [5, 5.41) is 15.7. The van der Waals surface area contributed by atoms with E-state index in [4.69, 9.17) is 0 Å². The van der Waals surface area contributed by atoms with Crippen LogP contribution in [0.4, 0.5) is 4.79 Å². The van der Waals surface area contributed by atoms with Gasteiger partial charge in [0.05, 0.1) is 10.1 Å². The number of hydrogen-bond acceptors (Lipinski definition) is 6. The Hall–Kier alpha value is -2.65. The molecule has 0 spiro atoms. The molecule has 3 aromatic rings. The van der Waals surface area contributed by atoms with E-state index < -0.39 is 11.3 Å². The highest BCUT2D eigenvalue weighted by molar-refractivity contribution is 8.00. The van der Waals surface area contributed by atoms with Crippen LogP contribution in [0.25, 0.3) is 10.7 Å². The zero-order valence-corrected chi connectivity index (χ0v) is 17.2. The van der Waals surface area contributed by atoms with Crippen molar-refractivity contribution in [1.82, 2.24) is 25.4 Å². The fourth-order valence-corrected chi connectivity index (χ4v) is 4.13. The summed E-state index contributed by atoms with van der Waals surface area (Å²) >= 11 is 2.87. The zero-order valence-electron chi connectivity index (χ0n) is 15.6. The molecular formula is C19H21N5O2S2. The Labute approximate surface area is 171 Å². The van der Waals surface area contributed by atoms with Gasteiger partial charge in [-0.15, -0.1) is 21.5 Å². The van der Waals surface area contributed by atoms with Crippen LogP contribution < -0.4 is 10.6 Å². The fraction of sp³-hybridized carbons (Fsp3) is 0.263. The minimum absolute atomic E-state index is 0.357. The van der Waals surface area contributed by atoms with Gasteiger partial charge < -0.3 is 9.88 Å². The molecule has 0 fully saturated rings. The maximum atomic E-state index is 12.4. The largest absolute Gasteiger partial charge is 0.334 e. The predicted molar refractivity (Wildman–Crippen MR) is 111 cm³/mol. The zero-order chi connectivity index (χ0) is 19.9. The second-order valence-electron chi connectivity index (χ2n) is 5.95. The van der Waals surface area contributed by atoms with E-state index in [2.05, 4.69) is 20.8 Å². The van der Waals surface area contributed by atoms with E-state index in [1.807, 2.05) is 59.3 Å². The molecule has 28 heavy (non-hydrogen) atoms. The molecule has 0 saturated carbocycles. The Morgan fingerprint density at radius 1 is 1.18 bits per heavy atom. The van der Waals surface area contributed by atoms with Crippen LogP contribution in [-0.2, 0) is 17.9 Å². The van der Waals surface area contributed by atoms with Gasteiger partial charge in [-0.05, 0) is 30.9 Å². The van der Waals surface area contributed by atoms with Crippen molar-refractivity contribution < 1.29 is 9.59 Å². The molecule has 0 aliphatic rings. The summed E-state index contributed by atoms with van der Waals surface area (Å²) in [5.74, 6) is 0.409. The van der Waals surface area contributed by atoms with Gasteiger partial charge >= 0.3 is 6.03 Å². The average Bonchev–Trinajstić information content (AvgIpc) is 3.36. The standard InChI is InChI=1S/C19H21N5O2S2/c1-3-24-16(15-10-7-11-27-15)22-23-19(24)28-13(2)17(25)21-18(26)20-12-14-8-5-4-6-9-14/h4-11,13H,3,12H2,1-2H3,(H2,20,21,25,26). The Kier molecular flexibility index (Phi) is 6.83. The number of nitrogens with one attached hydrogen (secondary N) is 2. The topological polar surface area (TPSA) is 88.9 Å². The van der Waals surface area contributed by atoms with Gasteiger partial charge in [0.2, 0.25) is 5.91 Å². The van der Waals surface area contributed by atoms with Crippen molar-refractivity contribution in [2.45, 2.75) is 37.3 Å². The summed E-state index contributed by atoms with van der Waals surface area (Å²) in [5.41, 5.74) is 0.963. The number of thioether (sulfide) groups is 1. The van der Waals surface area contributed by atoms with Gasteiger partial charge in [-0.25, -0.2) is 4.79 Å². The second kappa shape index (κ2) is 9.52. The number of benzene rings is 1. The van der Waals surface area contributed by atoms with Gasteiger partial charge in [-0.3, -0.25) is 10.1 Å². The molecule has 1 aromatic carbocycles. The van der Waals surface area contributed by atoms with E-state index in [0.717, 1.165) is 16.3 Å². The Morgan fingerprint density at radius 3 is 2.64 bits per heavy atom. The van der Waals surface area contributed by atoms with Crippen LogP contribution in [0.5, 0.6) is 0 Å². The van der Waals surface area contributed by atoms with E-state index in [0.29, 0.717) is 18.2 Å². The second-order valence-corrected chi connectivity index (χ2v) is 8.20. The number of nitrogens with zero attached hydrogens (tertiary/aromatic N) is 3. The van der Waals surface area contributed by atoms with Crippen molar-refractivity contribution in [3.63, 3.8) is 0 Å². The monoisotopic (exact) mass is 415 g/mol. The molecule has 1 atom stereocenters. The van der Waals surface area contributed by atoms with E-state index in [-0.39, 0.29) is 5.91 Å². The molecular weight excluding hydrogens is 394 g/mol. The molecule has 0 saturated heterocycles. The van der Waals surface area contributed by atoms with E-state index in [1.165, 1.54) is 11.8 Å². The summed E-state index contributed by atoms with van der Waals surface area (Å²) in [6.07, 6.45) is 0. The Morgan fingerprint density at radius 2 is 1.96 bits per heavy atom. The van der Waals surface area contributed by atoms with Gasteiger partial charge in [0, 0.05) is 13.1 Å². The maximum absolute atomic E-state index is 12.4. The molecule has 1 unspecified atom stereocenters. The summed E-state index contributed by atoms with van der Waals surface area (Å²) in [7, 11) is 0. The first-order chi connectivity index (χ1) is 13.6. The number of imide groups is 1. The lowest BCUT2D eigenvalue weighted by molar-refractivity contribution is -0.119. The summed E-state index contributed by atoms with van der Waals surface area (Å²) in [6.45, 7) is 4.79. The summed E-state index contributed by atoms with van der Waals surface area (Å²) < 4.78 is 1.97. The summed E-state index contributed by atoms with van der Waals surface area (Å²) in [6, 6.07) is 12.9. The third kappa shape index (κ3) is 4.99. The van der Waals surface area contributed by atoms with Gasteiger partial charge in [-0.1, -0.05) is 48.2 Å². The molecule has 0 bridgehead atoms. The van der Waals surface area contributed by atoms with Crippen LogP contribution in [0, 0.1) is 0 Å². The SMILES string of the molecule is CCn1c(SC(C)C(=O)NC(=O)NCc2ccccc2)nnc1-c1cccs1. The molecule has 2 aromatic heterocycles. The first kappa shape index (κ1) is 20.1. The van der Waals surface area contributed by atoms with Crippen LogP contribution in [-0.4, -0.2) is 32.0 Å². The van der Waals surface area contributed by atoms with Gasteiger partial charge in [0.25, 0.3) is 0 Å². The molecule has 146 valence electrons. The van der Waals surface area contributed by atoms with E-state index in [1.54, 1.807) is 18.3 Å². The average molecular weight is 416 g/mol. The number of carbonyl (C=O) groups is 2. The molecule has 0 aliphatic carbocycles. The minimum atomic E-state index is -0.516. The summed E-state index contributed by atoms with van der Waals surface area (Å²) in [4.78, 5) is 25.4. The van der Waals surface area contributed by atoms with Gasteiger partial charge in [0.1, 0.15) is 0 Å². The minimum Gasteiger partial charge on any atom is -0.334 e. The number of carbonyl (C=O) groups excluding carboxylic acids is 2. The van der Waals surface area contributed by atoms with Crippen molar-refractivity contribution >= 4 is 35.0 Å². The van der Waals surface area contributed by atoms with Crippen molar-refractivity contribution in [2.75, 3.05) is 0 Å². The fourth-order valence-electron chi connectivity index (χ4n) is 2.50. The molecule has 0 radical (unpaired) electrons. The number of thiophene rings is 1. The van der Waals surface area contributed by atoms with Gasteiger partial charge in [-0.2, -0.15) is 0 Å². The van der Waals surface area contributed by atoms with Gasteiger partial charge in [0.15, 0.2) is 11.0 Å². The van der Waals surface area contributed by atoms with E-state index in [9.17, 15) is 9.59 Å². The lowest BCUT2D eigenvalue weighted by Gasteiger charge is -2.12. The van der Waals surface area contributed by atoms with Crippen LogP contribution in [0.2, 0.25) is 0 Å². The third-order valence-corrected chi connectivity index (χ3v) is 5.90. The number of rotatable bonds is 7.